The van der Waals surface area contributed by atoms with Gasteiger partial charge in [-0.05, 0) is 45.4 Å². The molecule has 2 amide bonds. The maximum Gasteiger partial charge on any atom is 0.329 e. The van der Waals surface area contributed by atoms with Crippen LogP contribution in [-0.4, -0.2) is 42.9 Å². The van der Waals surface area contributed by atoms with Crippen molar-refractivity contribution in [1.29, 1.82) is 0 Å². The average molecular weight is 370 g/mol. The molecule has 0 radical (unpaired) electrons. The van der Waals surface area contributed by atoms with Crippen LogP contribution in [0.5, 0.6) is 0 Å². The van der Waals surface area contributed by atoms with Gasteiger partial charge in [0.05, 0.1) is 12.8 Å². The summed E-state index contributed by atoms with van der Waals surface area (Å²) in [7, 11) is 1.52. The van der Waals surface area contributed by atoms with Crippen LogP contribution in [0.1, 0.15) is 28.1 Å². The van der Waals surface area contributed by atoms with E-state index in [4.69, 9.17) is 4.74 Å². The highest BCUT2D eigenvalue weighted by Gasteiger charge is 2.13. The van der Waals surface area contributed by atoms with Gasteiger partial charge in [0.1, 0.15) is 0 Å². The third kappa shape index (κ3) is 5.04. The predicted octanol–water partition coefficient (Wildman–Crippen LogP) is 1.92. The third-order valence-corrected chi connectivity index (χ3v) is 4.23. The summed E-state index contributed by atoms with van der Waals surface area (Å²) in [6, 6.07) is 8.31. The van der Waals surface area contributed by atoms with Crippen LogP contribution in [0.15, 0.2) is 29.4 Å². The van der Waals surface area contributed by atoms with Gasteiger partial charge in [-0.1, -0.05) is 17.7 Å². The molecule has 2 N–H and O–H groups in total. The van der Waals surface area contributed by atoms with Gasteiger partial charge < -0.3 is 14.6 Å². The minimum Gasteiger partial charge on any atom is -0.383 e. The molecule has 0 bridgehead atoms. The lowest BCUT2D eigenvalue weighted by molar-refractivity contribution is -0.139. The number of hydrazone groups is 1. The van der Waals surface area contributed by atoms with E-state index in [1.807, 2.05) is 19.9 Å². The highest BCUT2D eigenvalue weighted by molar-refractivity contribution is 6.35. The van der Waals surface area contributed by atoms with Crippen LogP contribution in [-0.2, 0) is 14.3 Å². The zero-order valence-corrected chi connectivity index (χ0v) is 16.4. The van der Waals surface area contributed by atoms with Gasteiger partial charge in [-0.25, -0.2) is 5.43 Å². The number of methoxy groups -OCH3 is 1. The summed E-state index contributed by atoms with van der Waals surface area (Å²) in [5.74, 6) is -1.56. The Hall–Kier alpha value is -2.93. The van der Waals surface area contributed by atoms with E-state index in [-0.39, 0.29) is 6.54 Å². The fourth-order valence-corrected chi connectivity index (χ4v) is 2.90. The molecule has 2 rings (SSSR count). The van der Waals surface area contributed by atoms with E-state index in [2.05, 4.69) is 52.5 Å². The number of benzene rings is 1. The number of amides is 2. The van der Waals surface area contributed by atoms with Crippen molar-refractivity contribution in [3.63, 3.8) is 0 Å². The molecule has 0 unspecified atom stereocenters. The van der Waals surface area contributed by atoms with Gasteiger partial charge in [-0.2, -0.15) is 5.10 Å². The number of aromatic nitrogens is 1. The Kier molecular flexibility index (Phi) is 6.90. The van der Waals surface area contributed by atoms with E-state index in [1.54, 1.807) is 6.21 Å². The summed E-state index contributed by atoms with van der Waals surface area (Å²) in [4.78, 5) is 23.3. The van der Waals surface area contributed by atoms with Crippen molar-refractivity contribution in [1.82, 2.24) is 15.3 Å². The Morgan fingerprint density at radius 1 is 1.15 bits per heavy atom. The van der Waals surface area contributed by atoms with E-state index in [1.165, 1.54) is 18.2 Å². The quantitative estimate of drug-likeness (QED) is 0.353. The molecule has 7 nitrogen and oxygen atoms in total. The van der Waals surface area contributed by atoms with Gasteiger partial charge in [0.2, 0.25) is 0 Å². The zero-order chi connectivity index (χ0) is 20.0. The molecule has 7 heteroatoms. The van der Waals surface area contributed by atoms with Crippen molar-refractivity contribution >= 4 is 18.0 Å². The maximum absolute atomic E-state index is 11.7. The summed E-state index contributed by atoms with van der Waals surface area (Å²) in [6.45, 7) is 8.77. The van der Waals surface area contributed by atoms with Crippen molar-refractivity contribution in [3.05, 3.63) is 52.3 Å². The highest BCUT2D eigenvalue weighted by Crippen LogP contribution is 2.23. The van der Waals surface area contributed by atoms with Crippen molar-refractivity contribution in [2.24, 2.45) is 5.10 Å². The minimum atomic E-state index is -0.814. The summed E-state index contributed by atoms with van der Waals surface area (Å²) in [5, 5.41) is 6.34. The number of hydrogen-bond acceptors (Lipinski definition) is 4. The fourth-order valence-electron chi connectivity index (χ4n) is 2.90. The standard InChI is InChI=1S/C20H26N4O3/c1-13-6-7-18(14(2)10-13)24-15(3)11-17(16(24)4)12-22-23-20(26)19(25)21-8-9-27-5/h6-7,10-12H,8-9H2,1-5H3,(H,21,25)(H,23,26). The van der Waals surface area contributed by atoms with Crippen LogP contribution < -0.4 is 10.7 Å². The first kappa shape index (κ1) is 20.4. The van der Waals surface area contributed by atoms with E-state index < -0.39 is 11.8 Å². The van der Waals surface area contributed by atoms with Gasteiger partial charge in [0, 0.05) is 36.3 Å². The maximum atomic E-state index is 11.7. The molecule has 0 saturated carbocycles. The molecule has 1 heterocycles. The second-order valence-corrected chi connectivity index (χ2v) is 6.40. The molecule has 0 fully saturated rings. The highest BCUT2D eigenvalue weighted by atomic mass is 16.5. The molecular formula is C20H26N4O3. The van der Waals surface area contributed by atoms with Crippen molar-refractivity contribution in [2.75, 3.05) is 20.3 Å². The number of hydrogen-bond donors (Lipinski definition) is 2. The first-order valence-electron chi connectivity index (χ1n) is 8.72. The molecule has 0 atom stereocenters. The smallest absolute Gasteiger partial charge is 0.329 e. The number of carbonyl (C=O) groups is 2. The lowest BCUT2D eigenvalue weighted by Gasteiger charge is -2.13. The summed E-state index contributed by atoms with van der Waals surface area (Å²) in [5.41, 5.74) is 8.68. The van der Waals surface area contributed by atoms with Crippen molar-refractivity contribution < 1.29 is 14.3 Å². The number of carbonyl (C=O) groups excluding carboxylic acids is 2. The molecule has 0 saturated heterocycles. The van der Waals surface area contributed by atoms with Crippen LogP contribution >= 0.6 is 0 Å². The minimum absolute atomic E-state index is 0.267. The van der Waals surface area contributed by atoms with Gasteiger partial charge in [0.25, 0.3) is 0 Å². The molecular weight excluding hydrogens is 344 g/mol. The summed E-state index contributed by atoms with van der Waals surface area (Å²) < 4.78 is 6.96. The second-order valence-electron chi connectivity index (χ2n) is 6.40. The lowest BCUT2D eigenvalue weighted by atomic mass is 10.1. The Morgan fingerprint density at radius 3 is 2.56 bits per heavy atom. The Labute approximate surface area is 159 Å². The average Bonchev–Trinajstić information content (AvgIpc) is 2.89. The van der Waals surface area contributed by atoms with Gasteiger partial charge in [-0.15, -0.1) is 0 Å². The SMILES string of the molecule is COCCNC(=O)C(=O)NN=Cc1cc(C)n(-c2ccc(C)cc2C)c1C. The first-order valence-corrected chi connectivity index (χ1v) is 8.72. The van der Waals surface area contributed by atoms with E-state index in [0.29, 0.717) is 6.61 Å². The lowest BCUT2D eigenvalue weighted by Crippen LogP contribution is -2.39. The molecule has 2 aromatic rings. The van der Waals surface area contributed by atoms with Gasteiger partial charge >= 0.3 is 11.8 Å². The largest absolute Gasteiger partial charge is 0.383 e. The van der Waals surface area contributed by atoms with E-state index in [9.17, 15) is 9.59 Å². The zero-order valence-electron chi connectivity index (χ0n) is 16.4. The van der Waals surface area contributed by atoms with Crippen LogP contribution in [0.25, 0.3) is 5.69 Å². The Bertz CT molecular complexity index is 868. The topological polar surface area (TPSA) is 84.7 Å². The fraction of sp³-hybridized carbons (Fsp3) is 0.350. The van der Waals surface area contributed by atoms with E-state index >= 15 is 0 Å². The molecule has 1 aromatic heterocycles. The molecule has 0 aliphatic heterocycles. The van der Waals surface area contributed by atoms with Crippen LogP contribution in [0.4, 0.5) is 0 Å². The third-order valence-electron chi connectivity index (χ3n) is 4.23. The Morgan fingerprint density at radius 2 is 1.89 bits per heavy atom. The molecule has 1 aromatic carbocycles. The molecule has 0 aliphatic rings. The Balaban J connectivity index is 2.11. The summed E-state index contributed by atoms with van der Waals surface area (Å²) >= 11 is 0. The monoisotopic (exact) mass is 370 g/mol. The van der Waals surface area contributed by atoms with Crippen LogP contribution in [0.3, 0.4) is 0 Å². The number of nitrogens with one attached hydrogen (secondary N) is 2. The molecule has 144 valence electrons. The number of aryl methyl sites for hydroxylation is 3. The summed E-state index contributed by atoms with van der Waals surface area (Å²) in [6.07, 6.45) is 1.54. The van der Waals surface area contributed by atoms with Gasteiger partial charge in [0.15, 0.2) is 0 Å². The van der Waals surface area contributed by atoms with Crippen molar-refractivity contribution in [3.8, 4) is 5.69 Å². The van der Waals surface area contributed by atoms with Crippen LogP contribution in [0, 0.1) is 27.7 Å². The first-order chi connectivity index (χ1) is 12.8. The molecule has 27 heavy (non-hydrogen) atoms. The normalized spacial score (nSPS) is 11.0. The number of ether oxygens (including phenoxy) is 1. The number of nitrogens with zero attached hydrogens (tertiary/aromatic N) is 2. The van der Waals surface area contributed by atoms with Gasteiger partial charge in [-0.3, -0.25) is 9.59 Å². The van der Waals surface area contributed by atoms with Crippen molar-refractivity contribution in [2.45, 2.75) is 27.7 Å². The molecule has 0 spiro atoms. The molecule has 0 aliphatic carbocycles. The number of rotatable bonds is 6. The van der Waals surface area contributed by atoms with E-state index in [0.717, 1.165) is 22.6 Å². The van der Waals surface area contributed by atoms with Crippen LogP contribution in [0.2, 0.25) is 0 Å². The second kappa shape index (κ2) is 9.14. The predicted molar refractivity (Wildman–Crippen MR) is 105 cm³/mol.